The Bertz CT molecular complexity index is 187. The molecular weight excluding hydrogens is 124 g/mol. The van der Waals surface area contributed by atoms with Crippen molar-refractivity contribution < 1.29 is 4.74 Å². The van der Waals surface area contributed by atoms with Crippen molar-refractivity contribution in [1.82, 2.24) is 0 Å². The zero-order valence-corrected chi connectivity index (χ0v) is 6.63. The molecule has 0 aromatic heterocycles. The molecule has 0 aromatic rings. The lowest BCUT2D eigenvalue weighted by molar-refractivity contribution is 0.162. The fourth-order valence-electron chi connectivity index (χ4n) is 3.48. The van der Waals surface area contributed by atoms with Gasteiger partial charge in [-0.2, -0.15) is 0 Å². The standard InChI is InChI=1S/C9H14O/c1-5-6-3-4-7(5)9(2)8(6)10-9/h5-8H,3-4H2,1-2H3/t5?,6-,7?,8?,9?/m1/s1. The summed E-state index contributed by atoms with van der Waals surface area (Å²) in [5, 5.41) is 0. The maximum Gasteiger partial charge on any atom is 0.0954 e. The van der Waals surface area contributed by atoms with Gasteiger partial charge >= 0.3 is 0 Å². The van der Waals surface area contributed by atoms with Crippen LogP contribution in [0.2, 0.25) is 0 Å². The number of epoxide rings is 1. The molecule has 0 amide bonds. The molecule has 2 bridgehead atoms. The summed E-state index contributed by atoms with van der Waals surface area (Å²) < 4.78 is 5.70. The van der Waals surface area contributed by atoms with Crippen LogP contribution in [0.1, 0.15) is 26.7 Å². The van der Waals surface area contributed by atoms with E-state index < -0.39 is 0 Å². The van der Waals surface area contributed by atoms with Gasteiger partial charge in [0, 0.05) is 0 Å². The van der Waals surface area contributed by atoms with Gasteiger partial charge in [0.25, 0.3) is 0 Å². The van der Waals surface area contributed by atoms with E-state index in [1.54, 1.807) is 0 Å². The normalized spacial score (nSPS) is 70.2. The SMILES string of the molecule is CC1C2CC[C@H]1C1OC21C. The fraction of sp³-hybridized carbons (Fsp3) is 1.00. The summed E-state index contributed by atoms with van der Waals surface area (Å²) in [6, 6.07) is 0. The van der Waals surface area contributed by atoms with Crippen molar-refractivity contribution >= 4 is 0 Å². The number of rotatable bonds is 0. The molecule has 0 N–H and O–H groups in total. The minimum atomic E-state index is 0.350. The van der Waals surface area contributed by atoms with Gasteiger partial charge in [0.1, 0.15) is 0 Å². The molecule has 0 radical (unpaired) electrons. The van der Waals surface area contributed by atoms with Crippen LogP contribution in [0.15, 0.2) is 0 Å². The summed E-state index contributed by atoms with van der Waals surface area (Å²) in [7, 11) is 0. The van der Waals surface area contributed by atoms with Crippen LogP contribution in [0.4, 0.5) is 0 Å². The van der Waals surface area contributed by atoms with E-state index in [0.717, 1.165) is 17.8 Å². The van der Waals surface area contributed by atoms with E-state index in [9.17, 15) is 0 Å². The van der Waals surface area contributed by atoms with Crippen LogP contribution < -0.4 is 0 Å². The van der Waals surface area contributed by atoms with E-state index in [2.05, 4.69) is 13.8 Å². The number of fused-ring (bicyclic) bond motifs is 5. The average molecular weight is 138 g/mol. The van der Waals surface area contributed by atoms with Gasteiger partial charge < -0.3 is 4.74 Å². The molecule has 10 heavy (non-hydrogen) atoms. The van der Waals surface area contributed by atoms with Crippen LogP contribution in [0, 0.1) is 17.8 Å². The molecule has 1 heteroatoms. The molecule has 3 rings (SSSR count). The Kier molecular flexibility index (Phi) is 0.722. The Balaban J connectivity index is 2.03. The Hall–Kier alpha value is -0.0400. The third-order valence-corrected chi connectivity index (χ3v) is 4.13. The Morgan fingerprint density at radius 3 is 2.60 bits per heavy atom. The molecule has 3 fully saturated rings. The van der Waals surface area contributed by atoms with Gasteiger partial charge in [-0.25, -0.2) is 0 Å². The topological polar surface area (TPSA) is 12.5 Å². The van der Waals surface area contributed by atoms with Gasteiger partial charge in [0.05, 0.1) is 11.7 Å². The molecule has 2 saturated carbocycles. The highest BCUT2D eigenvalue weighted by Crippen LogP contribution is 2.66. The third-order valence-electron chi connectivity index (χ3n) is 4.13. The summed E-state index contributed by atoms with van der Waals surface area (Å²) in [4.78, 5) is 0. The van der Waals surface area contributed by atoms with Crippen molar-refractivity contribution in [2.75, 3.05) is 0 Å². The molecule has 1 saturated heterocycles. The van der Waals surface area contributed by atoms with E-state index in [-0.39, 0.29) is 0 Å². The first-order valence-electron chi connectivity index (χ1n) is 4.41. The van der Waals surface area contributed by atoms with Gasteiger partial charge in [-0.3, -0.25) is 0 Å². The number of hydrogen-bond donors (Lipinski definition) is 0. The van der Waals surface area contributed by atoms with E-state index in [1.807, 2.05) is 0 Å². The van der Waals surface area contributed by atoms with Crippen LogP contribution in [0.5, 0.6) is 0 Å². The molecule has 4 unspecified atom stereocenters. The smallest absolute Gasteiger partial charge is 0.0954 e. The summed E-state index contributed by atoms with van der Waals surface area (Å²) in [6.45, 7) is 4.71. The molecule has 0 aromatic carbocycles. The van der Waals surface area contributed by atoms with Crippen LogP contribution in [-0.4, -0.2) is 11.7 Å². The van der Waals surface area contributed by atoms with Crippen molar-refractivity contribution in [3.05, 3.63) is 0 Å². The summed E-state index contributed by atoms with van der Waals surface area (Å²) >= 11 is 0. The minimum absolute atomic E-state index is 0.350. The zero-order valence-electron chi connectivity index (χ0n) is 6.63. The quantitative estimate of drug-likeness (QED) is 0.465. The second kappa shape index (κ2) is 1.29. The van der Waals surface area contributed by atoms with Crippen LogP contribution in [-0.2, 0) is 4.74 Å². The fourth-order valence-corrected chi connectivity index (χ4v) is 3.48. The maximum atomic E-state index is 5.70. The van der Waals surface area contributed by atoms with E-state index in [4.69, 9.17) is 4.74 Å². The van der Waals surface area contributed by atoms with Gasteiger partial charge in [0.2, 0.25) is 0 Å². The van der Waals surface area contributed by atoms with Gasteiger partial charge in [0.15, 0.2) is 0 Å². The first-order valence-corrected chi connectivity index (χ1v) is 4.41. The molecule has 56 valence electrons. The van der Waals surface area contributed by atoms with Gasteiger partial charge in [-0.15, -0.1) is 0 Å². The molecule has 1 aliphatic heterocycles. The summed E-state index contributed by atoms with van der Waals surface area (Å²) in [6.07, 6.45) is 3.53. The average Bonchev–Trinajstić information content (AvgIpc) is 2.39. The van der Waals surface area contributed by atoms with Crippen LogP contribution in [0.3, 0.4) is 0 Å². The lowest BCUT2D eigenvalue weighted by atomic mass is 9.89. The molecular formula is C9H14O. The molecule has 1 nitrogen and oxygen atoms in total. The van der Waals surface area contributed by atoms with E-state index >= 15 is 0 Å². The van der Waals surface area contributed by atoms with Crippen molar-refractivity contribution in [3.63, 3.8) is 0 Å². The highest BCUT2D eigenvalue weighted by Gasteiger charge is 2.71. The predicted molar refractivity (Wildman–Crippen MR) is 38.7 cm³/mol. The lowest BCUT2D eigenvalue weighted by Crippen LogP contribution is -2.19. The van der Waals surface area contributed by atoms with E-state index in [1.165, 1.54) is 12.8 Å². The highest BCUT2D eigenvalue weighted by molar-refractivity contribution is 5.19. The minimum Gasteiger partial charge on any atom is -0.366 e. The van der Waals surface area contributed by atoms with Crippen molar-refractivity contribution in [3.8, 4) is 0 Å². The second-order valence-electron chi connectivity index (χ2n) is 4.43. The van der Waals surface area contributed by atoms with Gasteiger partial charge in [-0.05, 0) is 37.5 Å². The third kappa shape index (κ3) is 0.378. The maximum absolute atomic E-state index is 5.70. The van der Waals surface area contributed by atoms with Crippen LogP contribution in [0.25, 0.3) is 0 Å². The van der Waals surface area contributed by atoms with Crippen molar-refractivity contribution in [2.45, 2.75) is 38.4 Å². The monoisotopic (exact) mass is 138 g/mol. The summed E-state index contributed by atoms with van der Waals surface area (Å²) in [5.41, 5.74) is 0.350. The highest BCUT2D eigenvalue weighted by atomic mass is 16.6. The largest absolute Gasteiger partial charge is 0.366 e. The number of hydrogen-bond acceptors (Lipinski definition) is 1. The first kappa shape index (κ1) is 5.59. The predicted octanol–water partition coefficient (Wildman–Crippen LogP) is 1.82. The Morgan fingerprint density at radius 2 is 2.20 bits per heavy atom. The first-order chi connectivity index (χ1) is 4.73. The molecule has 5 atom stereocenters. The summed E-state index contributed by atoms with van der Waals surface area (Å²) in [5.74, 6) is 2.79. The lowest BCUT2D eigenvalue weighted by Gasteiger charge is -2.15. The van der Waals surface area contributed by atoms with Crippen molar-refractivity contribution in [1.29, 1.82) is 0 Å². The van der Waals surface area contributed by atoms with Crippen LogP contribution >= 0.6 is 0 Å². The molecule has 2 aliphatic carbocycles. The molecule has 0 spiro atoms. The van der Waals surface area contributed by atoms with Crippen molar-refractivity contribution in [2.24, 2.45) is 17.8 Å². The molecule has 1 heterocycles. The van der Waals surface area contributed by atoms with E-state index in [0.29, 0.717) is 11.7 Å². The van der Waals surface area contributed by atoms with Gasteiger partial charge in [-0.1, -0.05) is 6.92 Å². The zero-order chi connectivity index (χ0) is 6.93. The Morgan fingerprint density at radius 1 is 1.40 bits per heavy atom. The second-order valence-corrected chi connectivity index (χ2v) is 4.43. The molecule has 3 aliphatic rings. The Labute approximate surface area is 61.8 Å². The number of ether oxygens (including phenoxy) is 1.